The van der Waals surface area contributed by atoms with Crippen molar-refractivity contribution in [3.8, 4) is 0 Å². The first kappa shape index (κ1) is 18.7. The van der Waals surface area contributed by atoms with E-state index in [0.717, 1.165) is 38.9 Å². The lowest BCUT2D eigenvalue weighted by atomic mass is 9.84. The standard InChI is InChI=1S/C18H36N4O/c1-15(2)13-16(19)17(23)20-14-18(7-11-21(3)12-8-18)22-9-5-4-6-10-22/h15-16H,4-14,19H2,1-3H3,(H,20,23)/t16-/m0/s1. The zero-order chi connectivity index (χ0) is 16.9. The van der Waals surface area contributed by atoms with Crippen LogP contribution in [0.1, 0.15) is 52.4 Å². The SMILES string of the molecule is CC(C)C[C@H](N)C(=O)NCC1(N2CCCCC2)CCN(C)CC1. The number of hydrogen-bond donors (Lipinski definition) is 2. The van der Waals surface area contributed by atoms with Crippen LogP contribution in [0.3, 0.4) is 0 Å². The predicted molar refractivity (Wildman–Crippen MR) is 95.3 cm³/mol. The van der Waals surface area contributed by atoms with E-state index in [1.165, 1.54) is 32.4 Å². The van der Waals surface area contributed by atoms with Crippen molar-refractivity contribution >= 4 is 5.91 Å². The third-order valence-electron chi connectivity index (χ3n) is 5.60. The Hall–Kier alpha value is -0.650. The number of carbonyl (C=O) groups is 1. The van der Waals surface area contributed by atoms with Crippen LogP contribution < -0.4 is 11.1 Å². The van der Waals surface area contributed by atoms with E-state index in [0.29, 0.717) is 5.92 Å². The summed E-state index contributed by atoms with van der Waals surface area (Å²) in [5, 5.41) is 3.19. The number of nitrogens with zero attached hydrogens (tertiary/aromatic N) is 2. The Kier molecular flexibility index (Phi) is 6.86. The van der Waals surface area contributed by atoms with Crippen molar-refractivity contribution in [1.29, 1.82) is 0 Å². The van der Waals surface area contributed by atoms with Crippen LogP contribution in [-0.2, 0) is 4.79 Å². The van der Waals surface area contributed by atoms with Gasteiger partial charge in [0.15, 0.2) is 0 Å². The van der Waals surface area contributed by atoms with Crippen LogP contribution in [0.25, 0.3) is 0 Å². The largest absolute Gasteiger partial charge is 0.353 e. The number of piperidine rings is 2. The van der Waals surface area contributed by atoms with Crippen molar-refractivity contribution < 1.29 is 4.79 Å². The molecule has 0 radical (unpaired) electrons. The van der Waals surface area contributed by atoms with E-state index in [9.17, 15) is 4.79 Å². The lowest BCUT2D eigenvalue weighted by Crippen LogP contribution is -2.62. The average molecular weight is 325 g/mol. The third-order valence-corrected chi connectivity index (χ3v) is 5.60. The second-order valence-corrected chi connectivity index (χ2v) is 8.03. The molecule has 2 saturated heterocycles. The summed E-state index contributed by atoms with van der Waals surface area (Å²) in [4.78, 5) is 17.4. The maximum absolute atomic E-state index is 12.3. The molecule has 2 aliphatic rings. The maximum atomic E-state index is 12.3. The molecule has 0 aromatic rings. The first-order valence-electron chi connectivity index (χ1n) is 9.40. The molecule has 0 unspecified atom stereocenters. The van der Waals surface area contributed by atoms with Crippen LogP contribution in [0.4, 0.5) is 0 Å². The van der Waals surface area contributed by atoms with Crippen molar-refractivity contribution in [1.82, 2.24) is 15.1 Å². The molecule has 2 fully saturated rings. The topological polar surface area (TPSA) is 61.6 Å². The summed E-state index contributed by atoms with van der Waals surface area (Å²) in [5.41, 5.74) is 6.18. The van der Waals surface area contributed by atoms with Crippen molar-refractivity contribution in [3.05, 3.63) is 0 Å². The van der Waals surface area contributed by atoms with E-state index < -0.39 is 0 Å². The van der Waals surface area contributed by atoms with Crippen LogP contribution in [0.5, 0.6) is 0 Å². The first-order valence-corrected chi connectivity index (χ1v) is 9.40. The molecule has 2 heterocycles. The molecule has 0 aliphatic carbocycles. The van der Waals surface area contributed by atoms with Crippen LogP contribution in [0.15, 0.2) is 0 Å². The predicted octanol–water partition coefficient (Wildman–Crippen LogP) is 1.43. The smallest absolute Gasteiger partial charge is 0.236 e. The Balaban J connectivity index is 1.96. The van der Waals surface area contributed by atoms with Gasteiger partial charge in [-0.3, -0.25) is 9.69 Å². The van der Waals surface area contributed by atoms with Gasteiger partial charge in [-0.25, -0.2) is 0 Å². The van der Waals surface area contributed by atoms with Gasteiger partial charge in [0.25, 0.3) is 0 Å². The summed E-state index contributed by atoms with van der Waals surface area (Å²) < 4.78 is 0. The van der Waals surface area contributed by atoms with E-state index in [-0.39, 0.29) is 17.5 Å². The van der Waals surface area contributed by atoms with Crippen LogP contribution in [-0.4, -0.2) is 67.1 Å². The summed E-state index contributed by atoms with van der Waals surface area (Å²) in [7, 11) is 2.19. The number of nitrogens with one attached hydrogen (secondary N) is 1. The normalized spacial score (nSPS) is 24.6. The molecule has 2 aliphatic heterocycles. The number of amides is 1. The molecule has 5 heteroatoms. The van der Waals surface area contributed by atoms with E-state index in [1.54, 1.807) is 0 Å². The Morgan fingerprint density at radius 3 is 2.30 bits per heavy atom. The van der Waals surface area contributed by atoms with Crippen LogP contribution in [0, 0.1) is 5.92 Å². The van der Waals surface area contributed by atoms with Gasteiger partial charge in [-0.05, 0) is 71.2 Å². The molecule has 0 bridgehead atoms. The van der Waals surface area contributed by atoms with Gasteiger partial charge in [0.1, 0.15) is 0 Å². The number of rotatable bonds is 6. The second kappa shape index (κ2) is 8.45. The molecule has 1 atom stereocenters. The Bertz CT molecular complexity index is 371. The van der Waals surface area contributed by atoms with E-state index in [2.05, 4.69) is 36.0 Å². The lowest BCUT2D eigenvalue weighted by Gasteiger charge is -2.50. The fourth-order valence-electron chi connectivity index (χ4n) is 4.01. The van der Waals surface area contributed by atoms with E-state index in [4.69, 9.17) is 5.73 Å². The summed E-state index contributed by atoms with van der Waals surface area (Å²) in [6.07, 6.45) is 6.96. The zero-order valence-electron chi connectivity index (χ0n) is 15.3. The maximum Gasteiger partial charge on any atom is 0.236 e. The molecule has 0 aromatic heterocycles. The van der Waals surface area contributed by atoms with Gasteiger partial charge in [0.05, 0.1) is 6.04 Å². The lowest BCUT2D eigenvalue weighted by molar-refractivity contribution is -0.123. The number of likely N-dealkylation sites (tertiary alicyclic amines) is 2. The minimum atomic E-state index is -0.375. The minimum Gasteiger partial charge on any atom is -0.353 e. The van der Waals surface area contributed by atoms with Crippen molar-refractivity contribution in [2.24, 2.45) is 11.7 Å². The highest BCUT2D eigenvalue weighted by Gasteiger charge is 2.40. The van der Waals surface area contributed by atoms with E-state index in [1.807, 2.05) is 0 Å². The third kappa shape index (κ3) is 5.16. The molecule has 0 spiro atoms. The average Bonchev–Trinajstić information content (AvgIpc) is 2.54. The van der Waals surface area contributed by atoms with Crippen LogP contribution >= 0.6 is 0 Å². The molecule has 3 N–H and O–H groups in total. The number of hydrogen-bond acceptors (Lipinski definition) is 4. The molecule has 2 rings (SSSR count). The Labute approximate surface area is 142 Å². The van der Waals surface area contributed by atoms with Gasteiger partial charge in [-0.2, -0.15) is 0 Å². The van der Waals surface area contributed by atoms with Gasteiger partial charge < -0.3 is 16.0 Å². The molecule has 134 valence electrons. The molecule has 0 saturated carbocycles. The summed E-state index contributed by atoms with van der Waals surface area (Å²) in [5.74, 6) is 0.476. The molecule has 0 aromatic carbocycles. The number of carbonyl (C=O) groups excluding carboxylic acids is 1. The molecule has 23 heavy (non-hydrogen) atoms. The van der Waals surface area contributed by atoms with Gasteiger partial charge in [0.2, 0.25) is 5.91 Å². The van der Waals surface area contributed by atoms with Gasteiger partial charge >= 0.3 is 0 Å². The Morgan fingerprint density at radius 1 is 1.13 bits per heavy atom. The first-order chi connectivity index (χ1) is 10.9. The highest BCUT2D eigenvalue weighted by Crippen LogP contribution is 2.30. The highest BCUT2D eigenvalue weighted by molar-refractivity contribution is 5.81. The summed E-state index contributed by atoms with van der Waals surface area (Å²) in [6.45, 7) is 9.56. The van der Waals surface area contributed by atoms with E-state index >= 15 is 0 Å². The van der Waals surface area contributed by atoms with Crippen molar-refractivity contribution in [2.45, 2.75) is 64.0 Å². The Morgan fingerprint density at radius 2 is 1.74 bits per heavy atom. The highest BCUT2D eigenvalue weighted by atomic mass is 16.2. The zero-order valence-corrected chi connectivity index (χ0v) is 15.3. The fraction of sp³-hybridized carbons (Fsp3) is 0.944. The van der Waals surface area contributed by atoms with Gasteiger partial charge in [-0.1, -0.05) is 20.3 Å². The fourth-order valence-corrected chi connectivity index (χ4v) is 4.01. The van der Waals surface area contributed by atoms with Crippen molar-refractivity contribution in [2.75, 3.05) is 39.8 Å². The molecular weight excluding hydrogens is 288 g/mol. The molecule has 5 nitrogen and oxygen atoms in total. The summed E-state index contributed by atoms with van der Waals surface area (Å²) >= 11 is 0. The van der Waals surface area contributed by atoms with Crippen molar-refractivity contribution in [3.63, 3.8) is 0 Å². The minimum absolute atomic E-state index is 0.0222. The number of nitrogens with two attached hydrogens (primary N) is 1. The van der Waals surface area contributed by atoms with Gasteiger partial charge in [-0.15, -0.1) is 0 Å². The van der Waals surface area contributed by atoms with Crippen LogP contribution in [0.2, 0.25) is 0 Å². The molecule has 1 amide bonds. The molecular formula is C18H36N4O. The monoisotopic (exact) mass is 324 g/mol. The van der Waals surface area contributed by atoms with Gasteiger partial charge in [0, 0.05) is 12.1 Å². The second-order valence-electron chi connectivity index (χ2n) is 8.03. The summed E-state index contributed by atoms with van der Waals surface area (Å²) in [6, 6.07) is -0.375. The quantitative estimate of drug-likeness (QED) is 0.776.